The van der Waals surface area contributed by atoms with Crippen LogP contribution in [0.3, 0.4) is 0 Å². The first-order valence-corrected chi connectivity index (χ1v) is 13.0. The average Bonchev–Trinajstić information content (AvgIpc) is 3.53. The van der Waals surface area contributed by atoms with Gasteiger partial charge in [0.15, 0.2) is 12.4 Å². The number of benzene rings is 3. The monoisotopic (exact) mass is 491 g/mol. The van der Waals surface area contributed by atoms with Gasteiger partial charge in [0.1, 0.15) is 0 Å². The summed E-state index contributed by atoms with van der Waals surface area (Å²) in [6, 6.07) is 19.1. The lowest BCUT2D eigenvalue weighted by molar-refractivity contribution is 0.0474. The standard InChI is InChI=1S/C27H25NO6S/c29-26(21-8-7-20-14-19-4-1-2-6-24(19)25(20)15-21)17-34-27(30)18-9-11-23(12-10-18)35(31,32)28-16-22-5-3-13-33-22/h1-2,4,6-12,15,22,28H,3,5,13-14,16-17H2. The molecule has 1 aliphatic carbocycles. The number of Topliss-reactive ketones (excluding diaryl/α,β-unsaturated/α-hetero) is 1. The highest BCUT2D eigenvalue weighted by molar-refractivity contribution is 7.89. The molecule has 1 heterocycles. The normalized spacial score (nSPS) is 16.5. The van der Waals surface area contributed by atoms with Crippen molar-refractivity contribution < 1.29 is 27.5 Å². The molecule has 1 fully saturated rings. The Hall–Kier alpha value is -3.33. The fourth-order valence-corrected chi connectivity index (χ4v) is 5.52. The number of esters is 1. The van der Waals surface area contributed by atoms with Crippen LogP contribution in [0, 0.1) is 0 Å². The summed E-state index contributed by atoms with van der Waals surface area (Å²) >= 11 is 0. The molecule has 1 atom stereocenters. The number of sulfonamides is 1. The van der Waals surface area contributed by atoms with Crippen LogP contribution in [-0.4, -0.2) is 46.0 Å². The fraction of sp³-hybridized carbons (Fsp3) is 0.259. The van der Waals surface area contributed by atoms with Gasteiger partial charge >= 0.3 is 5.97 Å². The van der Waals surface area contributed by atoms with E-state index in [0.29, 0.717) is 12.2 Å². The first-order chi connectivity index (χ1) is 16.9. The van der Waals surface area contributed by atoms with Crippen LogP contribution in [0.4, 0.5) is 0 Å². The van der Waals surface area contributed by atoms with E-state index in [-0.39, 0.29) is 28.9 Å². The minimum atomic E-state index is -3.71. The maximum Gasteiger partial charge on any atom is 0.338 e. The highest BCUT2D eigenvalue weighted by atomic mass is 32.2. The van der Waals surface area contributed by atoms with Crippen LogP contribution in [0.15, 0.2) is 71.6 Å². The van der Waals surface area contributed by atoms with E-state index in [1.165, 1.54) is 35.4 Å². The lowest BCUT2D eigenvalue weighted by Gasteiger charge is -2.11. The molecule has 1 saturated heterocycles. The molecule has 1 aliphatic heterocycles. The van der Waals surface area contributed by atoms with E-state index < -0.39 is 22.6 Å². The molecule has 0 saturated carbocycles. The van der Waals surface area contributed by atoms with Crippen LogP contribution < -0.4 is 4.72 Å². The number of hydrogen-bond donors (Lipinski definition) is 1. The van der Waals surface area contributed by atoms with E-state index in [0.717, 1.165) is 30.4 Å². The molecule has 0 amide bonds. The van der Waals surface area contributed by atoms with Crippen molar-refractivity contribution in [2.45, 2.75) is 30.3 Å². The molecule has 180 valence electrons. The molecule has 0 bridgehead atoms. The Morgan fingerprint density at radius 2 is 1.69 bits per heavy atom. The summed E-state index contributed by atoms with van der Waals surface area (Å²) in [6.07, 6.45) is 2.47. The Bertz CT molecular complexity index is 1380. The third kappa shape index (κ3) is 5.05. The zero-order valence-electron chi connectivity index (χ0n) is 19.0. The average molecular weight is 492 g/mol. The molecule has 7 nitrogen and oxygen atoms in total. The summed E-state index contributed by atoms with van der Waals surface area (Å²) in [4.78, 5) is 25.2. The molecule has 8 heteroatoms. The summed E-state index contributed by atoms with van der Waals surface area (Å²) in [7, 11) is -3.71. The third-order valence-corrected chi connectivity index (χ3v) is 7.82. The topological polar surface area (TPSA) is 98.8 Å². The quantitative estimate of drug-likeness (QED) is 0.298. The SMILES string of the molecule is O=C(COC(=O)c1ccc(S(=O)(=O)NCC2CCCO2)cc1)c1ccc2c(c1)-c1ccccc1C2. The van der Waals surface area contributed by atoms with Crippen LogP contribution in [0.5, 0.6) is 0 Å². The van der Waals surface area contributed by atoms with Crippen molar-refractivity contribution in [3.63, 3.8) is 0 Å². The van der Waals surface area contributed by atoms with E-state index in [1.54, 1.807) is 6.07 Å². The second-order valence-corrected chi connectivity index (χ2v) is 10.5. The minimum absolute atomic E-state index is 0.0431. The number of nitrogens with one attached hydrogen (secondary N) is 1. The van der Waals surface area contributed by atoms with Crippen molar-refractivity contribution in [1.29, 1.82) is 0 Å². The molecule has 1 unspecified atom stereocenters. The first-order valence-electron chi connectivity index (χ1n) is 11.5. The molecular weight excluding hydrogens is 466 g/mol. The van der Waals surface area contributed by atoms with E-state index >= 15 is 0 Å². The highest BCUT2D eigenvalue weighted by Gasteiger charge is 2.22. The summed E-state index contributed by atoms with van der Waals surface area (Å²) in [5.41, 5.74) is 5.19. The lowest BCUT2D eigenvalue weighted by Crippen LogP contribution is -2.31. The molecule has 1 N–H and O–H groups in total. The Morgan fingerprint density at radius 1 is 0.943 bits per heavy atom. The molecule has 35 heavy (non-hydrogen) atoms. The van der Waals surface area contributed by atoms with Gasteiger partial charge in [-0.05, 0) is 71.8 Å². The van der Waals surface area contributed by atoms with Gasteiger partial charge in [0.25, 0.3) is 0 Å². The lowest BCUT2D eigenvalue weighted by atomic mass is 10.0. The molecule has 3 aromatic rings. The number of carbonyl (C=O) groups is 2. The second-order valence-electron chi connectivity index (χ2n) is 8.72. The van der Waals surface area contributed by atoms with Gasteiger partial charge in [-0.3, -0.25) is 4.79 Å². The van der Waals surface area contributed by atoms with Crippen molar-refractivity contribution in [2.24, 2.45) is 0 Å². The Labute approximate surface area is 204 Å². The zero-order valence-corrected chi connectivity index (χ0v) is 19.8. The maximum absolute atomic E-state index is 12.7. The molecular formula is C27H25NO6S. The molecule has 2 aliphatic rings. The van der Waals surface area contributed by atoms with Gasteiger partial charge in [0.05, 0.1) is 16.6 Å². The second kappa shape index (κ2) is 9.73. The summed E-state index contributed by atoms with van der Waals surface area (Å²) < 4.78 is 38.1. The van der Waals surface area contributed by atoms with Gasteiger partial charge in [0.2, 0.25) is 10.0 Å². The highest BCUT2D eigenvalue weighted by Crippen LogP contribution is 2.36. The Morgan fingerprint density at radius 3 is 2.46 bits per heavy atom. The van der Waals surface area contributed by atoms with Gasteiger partial charge in [-0.25, -0.2) is 17.9 Å². The van der Waals surface area contributed by atoms with Crippen LogP contribution >= 0.6 is 0 Å². The van der Waals surface area contributed by atoms with Gasteiger partial charge < -0.3 is 9.47 Å². The molecule has 0 aromatic heterocycles. The predicted molar refractivity (Wildman–Crippen MR) is 130 cm³/mol. The summed E-state index contributed by atoms with van der Waals surface area (Å²) in [5.74, 6) is -0.996. The minimum Gasteiger partial charge on any atom is -0.454 e. The van der Waals surface area contributed by atoms with E-state index in [2.05, 4.69) is 10.8 Å². The van der Waals surface area contributed by atoms with Crippen molar-refractivity contribution in [2.75, 3.05) is 19.8 Å². The molecule has 3 aromatic carbocycles. The van der Waals surface area contributed by atoms with Crippen LogP contribution in [0.2, 0.25) is 0 Å². The third-order valence-electron chi connectivity index (χ3n) is 6.38. The van der Waals surface area contributed by atoms with Gasteiger partial charge in [-0.1, -0.05) is 36.4 Å². The smallest absolute Gasteiger partial charge is 0.338 e. The predicted octanol–water partition coefficient (Wildman–Crippen LogP) is 3.75. The van der Waals surface area contributed by atoms with E-state index in [1.807, 2.05) is 30.3 Å². The van der Waals surface area contributed by atoms with Crippen molar-refractivity contribution in [3.8, 4) is 11.1 Å². The number of carbonyl (C=O) groups excluding carboxylic acids is 2. The van der Waals surface area contributed by atoms with Crippen LogP contribution in [0.1, 0.15) is 44.7 Å². The summed E-state index contributed by atoms with van der Waals surface area (Å²) in [6.45, 7) is 0.455. The van der Waals surface area contributed by atoms with Crippen LogP contribution in [0.25, 0.3) is 11.1 Å². The summed E-state index contributed by atoms with van der Waals surface area (Å²) in [5, 5.41) is 0. The van der Waals surface area contributed by atoms with Gasteiger partial charge in [-0.15, -0.1) is 0 Å². The number of ketones is 1. The van der Waals surface area contributed by atoms with E-state index in [4.69, 9.17) is 9.47 Å². The Balaban J connectivity index is 1.19. The first kappa shape index (κ1) is 23.4. The largest absolute Gasteiger partial charge is 0.454 e. The maximum atomic E-state index is 12.7. The zero-order chi connectivity index (χ0) is 24.4. The molecule has 0 spiro atoms. The fourth-order valence-electron chi connectivity index (χ4n) is 4.46. The van der Waals surface area contributed by atoms with Crippen LogP contribution in [-0.2, 0) is 25.9 Å². The molecule has 5 rings (SSSR count). The molecule has 0 radical (unpaired) electrons. The Kier molecular flexibility index (Phi) is 6.51. The van der Waals surface area contributed by atoms with Crippen molar-refractivity contribution in [3.05, 3.63) is 89.0 Å². The number of fused-ring (bicyclic) bond motifs is 3. The van der Waals surface area contributed by atoms with Crippen molar-refractivity contribution >= 4 is 21.8 Å². The number of ether oxygens (including phenoxy) is 2. The van der Waals surface area contributed by atoms with Crippen molar-refractivity contribution in [1.82, 2.24) is 4.72 Å². The van der Waals surface area contributed by atoms with Gasteiger partial charge in [-0.2, -0.15) is 0 Å². The van der Waals surface area contributed by atoms with E-state index in [9.17, 15) is 18.0 Å². The number of hydrogen-bond acceptors (Lipinski definition) is 6. The number of rotatable bonds is 8. The van der Waals surface area contributed by atoms with Gasteiger partial charge in [0, 0.05) is 18.7 Å².